The van der Waals surface area contributed by atoms with Crippen molar-refractivity contribution in [2.45, 2.75) is 348 Å². The van der Waals surface area contributed by atoms with E-state index >= 15 is 0 Å². The maximum absolute atomic E-state index is 13.0. The third-order valence-corrected chi connectivity index (χ3v) is 15.3. The minimum atomic E-state index is -0.809. The predicted octanol–water partition coefficient (Wildman–Crippen LogP) is 24.6. The monoisotopic (exact) mass is 1150 g/mol. The molecule has 476 valence electrons. The number of hydrogen-bond donors (Lipinski definition) is 0. The van der Waals surface area contributed by atoms with Crippen LogP contribution < -0.4 is 0 Å². The molecule has 0 aliphatic heterocycles. The SMILES string of the molecule is CC/C=C\C/C=C\C/C=C\C/C=C\C/C=C\CCCCCCCCCCCCCC(=O)OCC(COC(=O)CC/C=C\C/C=C\C/C=C\C/C=C\CC)OC(=O)CCCCCCCCCCCCCCCCCCCCCCCCCCC. The van der Waals surface area contributed by atoms with Crippen LogP contribution in [0.25, 0.3) is 0 Å². The topological polar surface area (TPSA) is 78.9 Å². The van der Waals surface area contributed by atoms with E-state index < -0.39 is 6.10 Å². The number of hydrogen-bond acceptors (Lipinski definition) is 6. The molecule has 0 aliphatic carbocycles. The van der Waals surface area contributed by atoms with E-state index in [9.17, 15) is 14.4 Å². The molecule has 0 amide bonds. The van der Waals surface area contributed by atoms with Gasteiger partial charge in [-0.1, -0.05) is 342 Å². The lowest BCUT2D eigenvalue weighted by molar-refractivity contribution is -0.166. The Morgan fingerprint density at radius 3 is 0.807 bits per heavy atom. The summed E-state index contributed by atoms with van der Waals surface area (Å²) in [4.78, 5) is 38.4. The molecule has 6 heteroatoms. The molecule has 6 nitrogen and oxygen atoms in total. The summed E-state index contributed by atoms with van der Waals surface area (Å²) in [6, 6.07) is 0. The van der Waals surface area contributed by atoms with Crippen LogP contribution in [-0.2, 0) is 28.6 Å². The van der Waals surface area contributed by atoms with Crippen LogP contribution in [0, 0.1) is 0 Å². The fourth-order valence-electron chi connectivity index (χ4n) is 10.1. The second-order valence-electron chi connectivity index (χ2n) is 23.4. The van der Waals surface area contributed by atoms with Gasteiger partial charge in [-0.25, -0.2) is 0 Å². The van der Waals surface area contributed by atoms with Gasteiger partial charge in [0.2, 0.25) is 0 Å². The average molecular weight is 1150 g/mol. The lowest BCUT2D eigenvalue weighted by Gasteiger charge is -2.18. The molecule has 0 aromatic rings. The van der Waals surface area contributed by atoms with Gasteiger partial charge in [-0.3, -0.25) is 14.4 Å². The Kier molecular flexibility index (Phi) is 67.2. The molecule has 0 radical (unpaired) electrons. The molecule has 83 heavy (non-hydrogen) atoms. The largest absolute Gasteiger partial charge is 0.462 e. The first kappa shape index (κ1) is 79.1. The lowest BCUT2D eigenvalue weighted by Crippen LogP contribution is -2.30. The fourth-order valence-corrected chi connectivity index (χ4v) is 10.1. The summed E-state index contributed by atoms with van der Waals surface area (Å²) >= 11 is 0. The van der Waals surface area contributed by atoms with E-state index in [1.54, 1.807) is 0 Å². The van der Waals surface area contributed by atoms with Crippen molar-refractivity contribution in [3.8, 4) is 0 Å². The molecule has 0 saturated heterocycles. The summed E-state index contributed by atoms with van der Waals surface area (Å²) in [6.45, 7) is 6.39. The first-order valence-corrected chi connectivity index (χ1v) is 35.4. The van der Waals surface area contributed by atoms with Gasteiger partial charge in [-0.2, -0.15) is 0 Å². The number of carbonyl (C=O) groups is 3. The summed E-state index contributed by atoms with van der Waals surface area (Å²) < 4.78 is 16.9. The van der Waals surface area contributed by atoms with Gasteiger partial charge < -0.3 is 14.2 Å². The van der Waals surface area contributed by atoms with Crippen LogP contribution in [-0.4, -0.2) is 37.2 Å². The maximum atomic E-state index is 13.0. The van der Waals surface area contributed by atoms with Crippen LogP contribution in [0.2, 0.25) is 0 Å². The van der Waals surface area contributed by atoms with Crippen LogP contribution in [0.3, 0.4) is 0 Å². The Bertz CT molecular complexity index is 1660. The van der Waals surface area contributed by atoms with Crippen molar-refractivity contribution >= 4 is 17.9 Å². The van der Waals surface area contributed by atoms with Crippen LogP contribution in [0.4, 0.5) is 0 Å². The second-order valence-corrected chi connectivity index (χ2v) is 23.4. The molecule has 0 aliphatic rings. The van der Waals surface area contributed by atoms with Gasteiger partial charge in [0.15, 0.2) is 6.10 Å². The second kappa shape index (κ2) is 70.6. The zero-order valence-electron chi connectivity index (χ0n) is 54.7. The van der Waals surface area contributed by atoms with Gasteiger partial charge in [0.25, 0.3) is 0 Å². The lowest BCUT2D eigenvalue weighted by atomic mass is 10.0. The highest BCUT2D eigenvalue weighted by molar-refractivity contribution is 5.71. The zero-order valence-corrected chi connectivity index (χ0v) is 54.7. The third kappa shape index (κ3) is 68.7. The number of ether oxygens (including phenoxy) is 3. The number of carbonyl (C=O) groups excluding carboxylic acids is 3. The van der Waals surface area contributed by atoms with Crippen molar-refractivity contribution in [2.24, 2.45) is 0 Å². The highest BCUT2D eigenvalue weighted by Gasteiger charge is 2.19. The van der Waals surface area contributed by atoms with E-state index in [1.165, 1.54) is 199 Å². The molecule has 0 heterocycles. The zero-order chi connectivity index (χ0) is 59.9. The van der Waals surface area contributed by atoms with Crippen LogP contribution in [0.1, 0.15) is 342 Å². The fraction of sp³-hybridized carbons (Fsp3) is 0.727. The quantitative estimate of drug-likeness (QED) is 0.0261. The highest BCUT2D eigenvalue weighted by Crippen LogP contribution is 2.18. The van der Waals surface area contributed by atoms with Gasteiger partial charge >= 0.3 is 17.9 Å². The first-order chi connectivity index (χ1) is 41.0. The molecule has 0 bridgehead atoms. The number of rotatable bonds is 64. The summed E-state index contributed by atoms with van der Waals surface area (Å²) in [5, 5.41) is 0. The summed E-state index contributed by atoms with van der Waals surface area (Å²) in [7, 11) is 0. The van der Waals surface area contributed by atoms with Crippen molar-refractivity contribution in [1.82, 2.24) is 0 Å². The van der Waals surface area contributed by atoms with Crippen molar-refractivity contribution in [1.29, 1.82) is 0 Å². The average Bonchev–Trinajstić information content (AvgIpc) is 3.49. The predicted molar refractivity (Wildman–Crippen MR) is 362 cm³/mol. The van der Waals surface area contributed by atoms with E-state index in [0.29, 0.717) is 19.3 Å². The minimum Gasteiger partial charge on any atom is -0.462 e. The molecule has 0 aromatic carbocycles. The van der Waals surface area contributed by atoms with Crippen LogP contribution >= 0.6 is 0 Å². The number of esters is 3. The summed E-state index contributed by atoms with van der Waals surface area (Å²) in [5.74, 6) is -0.973. The van der Waals surface area contributed by atoms with Gasteiger partial charge in [-0.05, 0) is 89.9 Å². The van der Waals surface area contributed by atoms with Crippen LogP contribution in [0.15, 0.2) is 109 Å². The van der Waals surface area contributed by atoms with E-state index in [0.717, 1.165) is 96.3 Å². The molecular formula is C77H132O6. The third-order valence-electron chi connectivity index (χ3n) is 15.3. The van der Waals surface area contributed by atoms with E-state index in [2.05, 4.69) is 124 Å². The number of unbranched alkanes of at least 4 members (excludes halogenated alkanes) is 35. The minimum absolute atomic E-state index is 0.0996. The summed E-state index contributed by atoms with van der Waals surface area (Å²) in [5.41, 5.74) is 0. The van der Waals surface area contributed by atoms with Gasteiger partial charge in [0.1, 0.15) is 13.2 Å². The van der Waals surface area contributed by atoms with E-state index in [-0.39, 0.29) is 37.5 Å². The highest BCUT2D eigenvalue weighted by atomic mass is 16.6. The molecule has 0 aromatic heterocycles. The smallest absolute Gasteiger partial charge is 0.306 e. The van der Waals surface area contributed by atoms with Gasteiger partial charge in [-0.15, -0.1) is 0 Å². The number of allylic oxidation sites excluding steroid dienone is 18. The van der Waals surface area contributed by atoms with E-state index in [1.807, 2.05) is 6.08 Å². The molecule has 0 saturated carbocycles. The Hall–Kier alpha value is -3.93. The maximum Gasteiger partial charge on any atom is 0.306 e. The Morgan fingerprint density at radius 1 is 0.253 bits per heavy atom. The molecule has 0 spiro atoms. The molecular weight excluding hydrogens is 1020 g/mol. The molecule has 0 fully saturated rings. The van der Waals surface area contributed by atoms with Crippen LogP contribution in [0.5, 0.6) is 0 Å². The Labute approximate surface area is 514 Å². The standard InChI is InChI=1S/C77H132O6/c1-4-7-10-13-16-19-22-25-27-29-31-33-35-37-38-40-41-43-45-47-49-52-55-58-61-64-67-70-76(79)82-73-74(72-81-75(78)69-66-63-60-57-54-51-24-21-18-15-12-9-6-3)83-77(80)71-68-65-62-59-56-53-50-48-46-44-42-39-36-34-32-30-28-26-23-20-17-14-11-8-5-2/h7,9-10,12,16,18-19,21,25,27,31,33,37-38,51,54,60,63,74H,4-6,8,11,13-15,17,20,22-24,26,28-30,32,34-36,39-50,52-53,55-59,61-62,64-73H2,1-3H3/b10-7-,12-9-,19-16-,21-18-,27-25-,33-31-,38-37-,54-51-,63-60-. The van der Waals surface area contributed by atoms with Crippen molar-refractivity contribution < 1.29 is 28.6 Å². The van der Waals surface area contributed by atoms with Gasteiger partial charge in [0, 0.05) is 19.3 Å². The van der Waals surface area contributed by atoms with E-state index in [4.69, 9.17) is 14.2 Å². The molecule has 0 rings (SSSR count). The van der Waals surface area contributed by atoms with Crippen molar-refractivity contribution in [2.75, 3.05) is 13.2 Å². The Morgan fingerprint density at radius 2 is 0.494 bits per heavy atom. The Balaban J connectivity index is 4.29. The van der Waals surface area contributed by atoms with Gasteiger partial charge in [0.05, 0.1) is 0 Å². The molecule has 1 atom stereocenters. The van der Waals surface area contributed by atoms with Crippen molar-refractivity contribution in [3.05, 3.63) is 109 Å². The normalized spacial score (nSPS) is 12.8. The molecule has 1 unspecified atom stereocenters. The summed E-state index contributed by atoms with van der Waals surface area (Å²) in [6.07, 6.45) is 97.1. The molecule has 0 N–H and O–H groups in total. The van der Waals surface area contributed by atoms with Crippen molar-refractivity contribution in [3.63, 3.8) is 0 Å². The first-order valence-electron chi connectivity index (χ1n) is 35.4.